The molecule has 0 unspecified atom stereocenters. The molecule has 10 heavy (non-hydrogen) atoms. The average Bonchev–Trinajstić information content (AvgIpc) is 2.34. The van der Waals surface area contributed by atoms with E-state index in [0.717, 1.165) is 5.03 Å². The Bertz CT molecular complexity index is 207. The van der Waals surface area contributed by atoms with Gasteiger partial charge in [-0.15, -0.1) is 0 Å². The van der Waals surface area contributed by atoms with E-state index in [-0.39, 0.29) is 0 Å². The van der Waals surface area contributed by atoms with Crippen LogP contribution < -0.4 is 5.14 Å². The van der Waals surface area contributed by atoms with Gasteiger partial charge in [-0.25, -0.2) is 0 Å². The maximum absolute atomic E-state index is 5.30. The molecule has 0 aliphatic heterocycles. The third-order valence-electron chi connectivity index (χ3n) is 1.23. The molecule has 0 radical (unpaired) electrons. The monoisotopic (exact) mass is 157 g/mol. The second-order valence-corrected chi connectivity index (χ2v) is 3.00. The third kappa shape index (κ3) is 1.52. The molecule has 0 aliphatic rings. The van der Waals surface area contributed by atoms with E-state index in [1.165, 1.54) is 11.9 Å². The lowest BCUT2D eigenvalue weighted by molar-refractivity contribution is 0.522. The van der Waals surface area contributed by atoms with Crippen molar-refractivity contribution in [2.75, 3.05) is 0 Å². The molecular formula is C6H11N3S. The molecule has 4 heteroatoms. The molecule has 0 aromatic carbocycles. The van der Waals surface area contributed by atoms with Gasteiger partial charge < -0.3 is 0 Å². The maximum atomic E-state index is 5.30. The van der Waals surface area contributed by atoms with Crippen LogP contribution in [-0.4, -0.2) is 9.78 Å². The van der Waals surface area contributed by atoms with E-state index in [1.54, 1.807) is 0 Å². The number of hydrogen-bond donors (Lipinski definition) is 1. The number of nitrogens with zero attached hydrogens (tertiary/aromatic N) is 2. The van der Waals surface area contributed by atoms with Crippen LogP contribution in [0.25, 0.3) is 0 Å². The first-order chi connectivity index (χ1) is 4.74. The molecule has 0 saturated carbocycles. The highest BCUT2D eigenvalue weighted by Crippen LogP contribution is 2.10. The van der Waals surface area contributed by atoms with E-state index >= 15 is 0 Å². The summed E-state index contributed by atoms with van der Waals surface area (Å²) in [6.45, 7) is 4.16. The zero-order valence-electron chi connectivity index (χ0n) is 6.11. The maximum Gasteiger partial charge on any atom is 0.133 e. The lowest BCUT2D eigenvalue weighted by Gasteiger charge is -2.02. The summed E-state index contributed by atoms with van der Waals surface area (Å²) in [5, 5.41) is 10.4. The summed E-state index contributed by atoms with van der Waals surface area (Å²) in [7, 11) is 0. The molecule has 1 rings (SSSR count). The van der Waals surface area contributed by atoms with Crippen LogP contribution in [0, 0.1) is 0 Å². The number of hydrogen-bond acceptors (Lipinski definition) is 3. The van der Waals surface area contributed by atoms with E-state index < -0.39 is 0 Å². The SMILES string of the molecule is CC(C)n1ccc(SN)n1. The second-order valence-electron chi connectivity index (χ2n) is 2.35. The van der Waals surface area contributed by atoms with Gasteiger partial charge in [0.1, 0.15) is 5.03 Å². The van der Waals surface area contributed by atoms with Gasteiger partial charge in [0.25, 0.3) is 0 Å². The predicted octanol–water partition coefficient (Wildman–Crippen LogP) is 1.43. The van der Waals surface area contributed by atoms with Crippen molar-refractivity contribution in [2.45, 2.75) is 24.9 Å². The fourth-order valence-electron chi connectivity index (χ4n) is 0.671. The summed E-state index contributed by atoms with van der Waals surface area (Å²) < 4.78 is 1.88. The van der Waals surface area contributed by atoms with E-state index in [0.29, 0.717) is 6.04 Å². The summed E-state index contributed by atoms with van der Waals surface area (Å²) in [5.74, 6) is 0. The molecule has 1 aromatic rings. The fraction of sp³-hybridized carbons (Fsp3) is 0.500. The van der Waals surface area contributed by atoms with Crippen molar-refractivity contribution < 1.29 is 0 Å². The van der Waals surface area contributed by atoms with Crippen molar-refractivity contribution in [3.05, 3.63) is 12.3 Å². The topological polar surface area (TPSA) is 43.8 Å². The van der Waals surface area contributed by atoms with Crippen LogP contribution in [0.1, 0.15) is 19.9 Å². The molecule has 0 bridgehead atoms. The highest BCUT2D eigenvalue weighted by molar-refractivity contribution is 7.97. The first-order valence-electron chi connectivity index (χ1n) is 3.16. The van der Waals surface area contributed by atoms with Gasteiger partial charge >= 0.3 is 0 Å². The number of nitrogens with two attached hydrogens (primary N) is 1. The van der Waals surface area contributed by atoms with Gasteiger partial charge in [-0.3, -0.25) is 9.82 Å². The molecule has 0 saturated heterocycles. The molecule has 0 amide bonds. The predicted molar refractivity (Wildman–Crippen MR) is 42.7 cm³/mol. The van der Waals surface area contributed by atoms with Crippen LogP contribution >= 0.6 is 11.9 Å². The van der Waals surface area contributed by atoms with Gasteiger partial charge in [0.05, 0.1) is 0 Å². The summed E-state index contributed by atoms with van der Waals surface area (Å²) in [5.41, 5.74) is 0. The molecule has 0 atom stereocenters. The van der Waals surface area contributed by atoms with E-state index in [1.807, 2.05) is 16.9 Å². The molecule has 0 fully saturated rings. The minimum atomic E-state index is 0.417. The molecule has 1 heterocycles. The number of rotatable bonds is 2. The Hall–Kier alpha value is -0.480. The van der Waals surface area contributed by atoms with Crippen molar-refractivity contribution in [2.24, 2.45) is 5.14 Å². The van der Waals surface area contributed by atoms with Gasteiger partial charge in [0.2, 0.25) is 0 Å². The van der Waals surface area contributed by atoms with E-state index in [9.17, 15) is 0 Å². The molecule has 0 spiro atoms. The Balaban J connectivity index is 2.78. The standard InChI is InChI=1S/C6H11N3S/c1-5(2)9-4-3-6(8-9)10-7/h3-5H,7H2,1-2H3. The Morgan fingerprint density at radius 1 is 1.70 bits per heavy atom. The molecular weight excluding hydrogens is 146 g/mol. The van der Waals surface area contributed by atoms with Gasteiger partial charge in [0, 0.05) is 12.2 Å². The highest BCUT2D eigenvalue weighted by atomic mass is 32.2. The normalized spacial score (nSPS) is 10.8. The fourth-order valence-corrected chi connectivity index (χ4v) is 0.952. The van der Waals surface area contributed by atoms with Gasteiger partial charge in [-0.05, 0) is 31.9 Å². The van der Waals surface area contributed by atoms with Crippen LogP contribution in [0.5, 0.6) is 0 Å². The van der Waals surface area contributed by atoms with Crippen molar-refractivity contribution in [1.29, 1.82) is 0 Å². The van der Waals surface area contributed by atoms with Crippen molar-refractivity contribution >= 4 is 11.9 Å². The van der Waals surface area contributed by atoms with Crippen molar-refractivity contribution in [3.63, 3.8) is 0 Å². The smallest absolute Gasteiger partial charge is 0.133 e. The van der Waals surface area contributed by atoms with Crippen molar-refractivity contribution in [1.82, 2.24) is 9.78 Å². The summed E-state index contributed by atoms with van der Waals surface area (Å²) >= 11 is 1.18. The molecule has 56 valence electrons. The molecule has 1 aromatic heterocycles. The van der Waals surface area contributed by atoms with Crippen LogP contribution in [-0.2, 0) is 0 Å². The summed E-state index contributed by atoms with van der Waals surface area (Å²) in [6.07, 6.45) is 1.93. The summed E-state index contributed by atoms with van der Waals surface area (Å²) in [4.78, 5) is 0. The quantitative estimate of drug-likeness (QED) is 0.660. The minimum Gasteiger partial charge on any atom is -0.272 e. The van der Waals surface area contributed by atoms with Gasteiger partial charge in [-0.2, -0.15) is 5.10 Å². The third-order valence-corrected chi connectivity index (χ3v) is 1.69. The molecule has 2 N–H and O–H groups in total. The highest BCUT2D eigenvalue weighted by Gasteiger charge is 1.99. The Kier molecular flexibility index (Phi) is 2.34. The lowest BCUT2D eigenvalue weighted by atomic mass is 10.4. The minimum absolute atomic E-state index is 0.417. The first-order valence-corrected chi connectivity index (χ1v) is 4.04. The first kappa shape index (κ1) is 7.63. The zero-order chi connectivity index (χ0) is 7.56. The van der Waals surface area contributed by atoms with Crippen LogP contribution in [0.3, 0.4) is 0 Å². The Morgan fingerprint density at radius 2 is 2.40 bits per heavy atom. The largest absolute Gasteiger partial charge is 0.272 e. The number of aromatic nitrogens is 2. The molecule has 0 aliphatic carbocycles. The Labute approximate surface area is 64.7 Å². The Morgan fingerprint density at radius 3 is 2.70 bits per heavy atom. The zero-order valence-corrected chi connectivity index (χ0v) is 6.93. The van der Waals surface area contributed by atoms with E-state index in [2.05, 4.69) is 18.9 Å². The lowest BCUT2D eigenvalue weighted by Crippen LogP contribution is -2.00. The van der Waals surface area contributed by atoms with Gasteiger partial charge in [0.15, 0.2) is 0 Å². The van der Waals surface area contributed by atoms with Crippen molar-refractivity contribution in [3.8, 4) is 0 Å². The van der Waals surface area contributed by atoms with Gasteiger partial charge in [-0.1, -0.05) is 0 Å². The molecule has 3 nitrogen and oxygen atoms in total. The second kappa shape index (κ2) is 3.07. The van der Waals surface area contributed by atoms with Crippen LogP contribution in [0.2, 0.25) is 0 Å². The van der Waals surface area contributed by atoms with Crippen LogP contribution in [0.4, 0.5) is 0 Å². The van der Waals surface area contributed by atoms with E-state index in [4.69, 9.17) is 5.14 Å². The summed E-state index contributed by atoms with van der Waals surface area (Å²) in [6, 6.07) is 2.32. The van der Waals surface area contributed by atoms with Crippen LogP contribution in [0.15, 0.2) is 17.3 Å². The average molecular weight is 157 g/mol.